The summed E-state index contributed by atoms with van der Waals surface area (Å²) in [6, 6.07) is 12.9. The summed E-state index contributed by atoms with van der Waals surface area (Å²) in [5.41, 5.74) is 2.80. The number of hydrogen-bond acceptors (Lipinski definition) is 1. The molecule has 2 aromatic carbocycles. The summed E-state index contributed by atoms with van der Waals surface area (Å²) in [7, 11) is 0. The van der Waals surface area contributed by atoms with E-state index >= 15 is 0 Å². The molecule has 94 valence electrons. The predicted octanol–water partition coefficient (Wildman–Crippen LogP) is 4.96. The van der Waals surface area contributed by atoms with Gasteiger partial charge in [0.25, 0.3) is 0 Å². The molecule has 0 saturated carbocycles. The van der Waals surface area contributed by atoms with E-state index in [9.17, 15) is 4.39 Å². The highest BCUT2D eigenvalue weighted by Crippen LogP contribution is 2.24. The van der Waals surface area contributed by atoms with Crippen molar-refractivity contribution < 1.29 is 4.39 Å². The molecule has 0 amide bonds. The summed E-state index contributed by atoms with van der Waals surface area (Å²) in [6.07, 6.45) is 0. The Hall–Kier alpha value is -1.54. The smallest absolute Gasteiger partial charge is 0.147 e. The lowest BCUT2D eigenvalue weighted by Crippen LogP contribution is -2.07. The summed E-state index contributed by atoms with van der Waals surface area (Å²) in [6.45, 7) is 4.04. The standard InChI is InChI=1S/C15H15ClFN/c1-10-3-5-12(6-4-10)11(2)18-15-8-7-13(16)9-14(15)17/h3-9,11,18H,1-2H3. The fourth-order valence-corrected chi connectivity index (χ4v) is 1.94. The molecule has 0 aliphatic heterocycles. The van der Waals surface area contributed by atoms with E-state index in [0.29, 0.717) is 10.7 Å². The van der Waals surface area contributed by atoms with E-state index in [1.165, 1.54) is 11.6 Å². The normalized spacial score (nSPS) is 12.2. The zero-order valence-electron chi connectivity index (χ0n) is 10.4. The Morgan fingerprint density at radius 2 is 1.78 bits per heavy atom. The van der Waals surface area contributed by atoms with Crippen molar-refractivity contribution in [2.75, 3.05) is 5.32 Å². The molecular weight excluding hydrogens is 249 g/mol. The molecule has 1 unspecified atom stereocenters. The average Bonchev–Trinajstić information content (AvgIpc) is 2.33. The Morgan fingerprint density at radius 3 is 2.39 bits per heavy atom. The lowest BCUT2D eigenvalue weighted by atomic mass is 10.1. The van der Waals surface area contributed by atoms with Gasteiger partial charge in [0.1, 0.15) is 5.82 Å². The Morgan fingerprint density at radius 1 is 1.11 bits per heavy atom. The first kappa shape index (κ1) is 12.9. The zero-order valence-corrected chi connectivity index (χ0v) is 11.1. The maximum absolute atomic E-state index is 13.6. The van der Waals surface area contributed by atoms with Crippen LogP contribution in [0, 0.1) is 12.7 Å². The molecule has 0 bridgehead atoms. The largest absolute Gasteiger partial charge is 0.376 e. The van der Waals surface area contributed by atoms with Crippen LogP contribution < -0.4 is 5.32 Å². The van der Waals surface area contributed by atoms with Gasteiger partial charge in [-0.25, -0.2) is 4.39 Å². The lowest BCUT2D eigenvalue weighted by Gasteiger charge is -2.16. The Bertz CT molecular complexity index is 537. The van der Waals surface area contributed by atoms with Gasteiger partial charge in [0.05, 0.1) is 5.69 Å². The van der Waals surface area contributed by atoms with Crippen molar-refractivity contribution in [3.63, 3.8) is 0 Å². The van der Waals surface area contributed by atoms with Crippen LogP contribution in [0.1, 0.15) is 24.1 Å². The Balaban J connectivity index is 2.15. The van der Waals surface area contributed by atoms with E-state index in [1.807, 2.05) is 38.1 Å². The summed E-state index contributed by atoms with van der Waals surface area (Å²) >= 11 is 5.72. The number of nitrogens with one attached hydrogen (secondary N) is 1. The van der Waals surface area contributed by atoms with Gasteiger partial charge in [-0.1, -0.05) is 41.4 Å². The van der Waals surface area contributed by atoms with E-state index in [0.717, 1.165) is 5.56 Å². The third-order valence-corrected chi connectivity index (χ3v) is 3.12. The topological polar surface area (TPSA) is 12.0 Å². The van der Waals surface area contributed by atoms with Crippen LogP contribution in [0.4, 0.5) is 10.1 Å². The Kier molecular flexibility index (Phi) is 3.87. The highest BCUT2D eigenvalue weighted by atomic mass is 35.5. The van der Waals surface area contributed by atoms with Crippen molar-refractivity contribution in [3.05, 3.63) is 64.4 Å². The highest BCUT2D eigenvalue weighted by Gasteiger charge is 2.08. The van der Waals surface area contributed by atoms with Gasteiger partial charge in [-0.15, -0.1) is 0 Å². The van der Waals surface area contributed by atoms with Crippen LogP contribution in [0.15, 0.2) is 42.5 Å². The molecule has 0 saturated heterocycles. The fourth-order valence-electron chi connectivity index (χ4n) is 1.78. The maximum atomic E-state index is 13.6. The molecule has 3 heteroatoms. The average molecular weight is 264 g/mol. The molecule has 0 aliphatic carbocycles. The molecule has 1 nitrogen and oxygen atoms in total. The van der Waals surface area contributed by atoms with Crippen molar-refractivity contribution in [3.8, 4) is 0 Å². The highest BCUT2D eigenvalue weighted by molar-refractivity contribution is 6.30. The SMILES string of the molecule is Cc1ccc(C(C)Nc2ccc(Cl)cc2F)cc1. The van der Waals surface area contributed by atoms with Crippen molar-refractivity contribution in [2.45, 2.75) is 19.9 Å². The molecule has 2 rings (SSSR count). The first-order valence-electron chi connectivity index (χ1n) is 5.84. The monoisotopic (exact) mass is 263 g/mol. The minimum absolute atomic E-state index is 0.0428. The summed E-state index contributed by atoms with van der Waals surface area (Å²) < 4.78 is 13.6. The van der Waals surface area contributed by atoms with E-state index < -0.39 is 0 Å². The quantitative estimate of drug-likeness (QED) is 0.825. The van der Waals surface area contributed by atoms with Crippen LogP contribution in [0.5, 0.6) is 0 Å². The van der Waals surface area contributed by atoms with Crippen molar-refractivity contribution in [1.29, 1.82) is 0 Å². The zero-order chi connectivity index (χ0) is 13.1. The van der Waals surface area contributed by atoms with Crippen LogP contribution in [-0.4, -0.2) is 0 Å². The van der Waals surface area contributed by atoms with E-state index in [1.54, 1.807) is 12.1 Å². The fraction of sp³-hybridized carbons (Fsp3) is 0.200. The minimum Gasteiger partial charge on any atom is -0.376 e. The Labute approximate surface area is 112 Å². The number of anilines is 1. The summed E-state index contributed by atoms with van der Waals surface area (Å²) in [5.74, 6) is -0.332. The minimum atomic E-state index is -0.332. The molecule has 0 aliphatic rings. The molecule has 2 aromatic rings. The predicted molar refractivity (Wildman–Crippen MR) is 74.6 cm³/mol. The number of hydrogen-bond donors (Lipinski definition) is 1. The molecule has 0 aromatic heterocycles. The van der Waals surface area contributed by atoms with Gasteiger partial charge in [0, 0.05) is 11.1 Å². The van der Waals surface area contributed by atoms with Gasteiger partial charge in [0.15, 0.2) is 0 Å². The second-order valence-corrected chi connectivity index (χ2v) is 4.84. The van der Waals surface area contributed by atoms with E-state index in [4.69, 9.17) is 11.6 Å². The van der Waals surface area contributed by atoms with Gasteiger partial charge in [-0.2, -0.15) is 0 Å². The third-order valence-electron chi connectivity index (χ3n) is 2.88. The van der Waals surface area contributed by atoms with Gasteiger partial charge in [-0.3, -0.25) is 0 Å². The van der Waals surface area contributed by atoms with Crippen molar-refractivity contribution >= 4 is 17.3 Å². The van der Waals surface area contributed by atoms with Crippen LogP contribution in [-0.2, 0) is 0 Å². The number of halogens is 2. The van der Waals surface area contributed by atoms with Gasteiger partial charge < -0.3 is 5.32 Å². The summed E-state index contributed by atoms with van der Waals surface area (Å²) in [4.78, 5) is 0. The second-order valence-electron chi connectivity index (χ2n) is 4.40. The van der Waals surface area contributed by atoms with Gasteiger partial charge >= 0.3 is 0 Å². The summed E-state index contributed by atoms with van der Waals surface area (Å²) in [5, 5.41) is 3.54. The molecule has 1 atom stereocenters. The molecule has 0 radical (unpaired) electrons. The van der Waals surface area contributed by atoms with Gasteiger partial charge in [-0.05, 0) is 37.6 Å². The molecule has 0 spiro atoms. The van der Waals surface area contributed by atoms with Crippen LogP contribution in [0.3, 0.4) is 0 Å². The van der Waals surface area contributed by atoms with Gasteiger partial charge in [0.2, 0.25) is 0 Å². The first-order chi connectivity index (χ1) is 8.56. The van der Waals surface area contributed by atoms with Crippen LogP contribution >= 0.6 is 11.6 Å². The number of aryl methyl sites for hydroxylation is 1. The molecule has 0 fully saturated rings. The van der Waals surface area contributed by atoms with Crippen LogP contribution in [0.2, 0.25) is 5.02 Å². The van der Waals surface area contributed by atoms with Crippen LogP contribution in [0.25, 0.3) is 0 Å². The van der Waals surface area contributed by atoms with Crippen molar-refractivity contribution in [1.82, 2.24) is 0 Å². The first-order valence-corrected chi connectivity index (χ1v) is 6.22. The molecule has 18 heavy (non-hydrogen) atoms. The third kappa shape index (κ3) is 3.02. The van der Waals surface area contributed by atoms with Crippen molar-refractivity contribution in [2.24, 2.45) is 0 Å². The van der Waals surface area contributed by atoms with E-state index in [-0.39, 0.29) is 11.9 Å². The van der Waals surface area contributed by atoms with E-state index in [2.05, 4.69) is 5.32 Å². The maximum Gasteiger partial charge on any atom is 0.147 e. The second kappa shape index (κ2) is 5.40. The molecule has 0 heterocycles. The lowest BCUT2D eigenvalue weighted by molar-refractivity contribution is 0.627. The number of rotatable bonds is 3. The number of benzene rings is 2. The molecular formula is C15H15ClFN. The molecule has 1 N–H and O–H groups in total.